The lowest BCUT2D eigenvalue weighted by molar-refractivity contribution is 0.0722. The summed E-state index contributed by atoms with van der Waals surface area (Å²) in [7, 11) is 0. The first-order valence-corrected chi connectivity index (χ1v) is 6.26. The molecule has 0 radical (unpaired) electrons. The Hall–Kier alpha value is -2.06. The highest BCUT2D eigenvalue weighted by Gasteiger charge is 2.27. The number of carbonyl (C=O) groups excluding carboxylic acids is 1. The summed E-state index contributed by atoms with van der Waals surface area (Å²) in [6, 6.07) is 0. The monoisotopic (exact) mass is 279 g/mol. The minimum atomic E-state index is -1.08. The van der Waals surface area contributed by atoms with Crippen LogP contribution in [0.2, 0.25) is 0 Å². The number of aliphatic hydroxyl groups excluding tert-OH is 2. The molecule has 2 aromatic heterocycles. The van der Waals surface area contributed by atoms with Crippen molar-refractivity contribution in [3.05, 3.63) is 23.8 Å². The van der Waals surface area contributed by atoms with Crippen molar-refractivity contribution in [1.29, 1.82) is 0 Å². The van der Waals surface area contributed by atoms with Crippen molar-refractivity contribution in [1.82, 2.24) is 24.9 Å². The van der Waals surface area contributed by atoms with E-state index in [1.54, 1.807) is 6.92 Å². The van der Waals surface area contributed by atoms with E-state index in [4.69, 9.17) is 0 Å². The molecule has 0 aromatic carbocycles. The standard InChI is InChI=1S/C12H17N5O3/c1-3-9-8(4-13-11-14-7-15-17(9)11)10(20)16-12(2,5-18)6-19/h4,7,18-19H,3,5-6H2,1-2H3,(H,16,20). The maximum Gasteiger partial charge on any atom is 0.255 e. The Morgan fingerprint density at radius 2 is 2.10 bits per heavy atom. The second kappa shape index (κ2) is 5.51. The molecular weight excluding hydrogens is 262 g/mol. The summed E-state index contributed by atoms with van der Waals surface area (Å²) in [5, 5.41) is 25.1. The molecule has 2 aromatic rings. The number of nitrogens with one attached hydrogen (secondary N) is 1. The predicted octanol–water partition coefficient (Wildman–Crippen LogP) is -0.840. The van der Waals surface area contributed by atoms with Crippen molar-refractivity contribution in [3.8, 4) is 0 Å². The Balaban J connectivity index is 2.39. The largest absolute Gasteiger partial charge is 0.394 e. The first kappa shape index (κ1) is 14.4. The predicted molar refractivity (Wildman–Crippen MR) is 70.2 cm³/mol. The second-order valence-corrected chi connectivity index (χ2v) is 4.77. The van der Waals surface area contributed by atoms with E-state index in [2.05, 4.69) is 20.4 Å². The van der Waals surface area contributed by atoms with E-state index >= 15 is 0 Å². The van der Waals surface area contributed by atoms with Crippen LogP contribution in [0.5, 0.6) is 0 Å². The van der Waals surface area contributed by atoms with E-state index in [1.807, 2.05) is 6.92 Å². The Morgan fingerprint density at radius 3 is 2.70 bits per heavy atom. The Morgan fingerprint density at radius 1 is 1.40 bits per heavy atom. The van der Waals surface area contributed by atoms with Gasteiger partial charge in [0.1, 0.15) is 6.33 Å². The SMILES string of the molecule is CCc1c(C(=O)NC(C)(CO)CO)cnc2ncnn12. The molecule has 0 saturated carbocycles. The topological polar surface area (TPSA) is 113 Å². The lowest BCUT2D eigenvalue weighted by Crippen LogP contribution is -2.52. The van der Waals surface area contributed by atoms with Gasteiger partial charge in [0.25, 0.3) is 11.7 Å². The lowest BCUT2D eigenvalue weighted by atomic mass is 10.0. The molecule has 0 fully saturated rings. The number of aryl methyl sites for hydroxylation is 1. The summed E-state index contributed by atoms with van der Waals surface area (Å²) in [5.74, 6) is 0.00262. The van der Waals surface area contributed by atoms with Crippen LogP contribution in [-0.2, 0) is 6.42 Å². The van der Waals surface area contributed by atoms with E-state index in [9.17, 15) is 15.0 Å². The molecular formula is C12H17N5O3. The quantitative estimate of drug-likeness (QED) is 0.658. The van der Waals surface area contributed by atoms with E-state index < -0.39 is 11.4 Å². The zero-order valence-corrected chi connectivity index (χ0v) is 11.4. The van der Waals surface area contributed by atoms with Crippen LogP contribution in [0.15, 0.2) is 12.5 Å². The molecule has 1 amide bonds. The van der Waals surface area contributed by atoms with Gasteiger partial charge < -0.3 is 15.5 Å². The van der Waals surface area contributed by atoms with Crippen molar-refractivity contribution in [2.24, 2.45) is 0 Å². The molecule has 0 saturated heterocycles. The first-order valence-electron chi connectivity index (χ1n) is 6.26. The highest BCUT2D eigenvalue weighted by atomic mass is 16.3. The minimum absolute atomic E-state index is 0.346. The number of hydrogen-bond acceptors (Lipinski definition) is 6. The zero-order valence-electron chi connectivity index (χ0n) is 11.4. The average Bonchev–Trinajstić information content (AvgIpc) is 2.94. The van der Waals surface area contributed by atoms with Crippen LogP contribution >= 0.6 is 0 Å². The van der Waals surface area contributed by atoms with Gasteiger partial charge in [-0.25, -0.2) is 9.50 Å². The number of aromatic nitrogens is 4. The Bertz CT molecular complexity index is 621. The molecule has 3 N–H and O–H groups in total. The summed E-state index contributed by atoms with van der Waals surface area (Å²) < 4.78 is 1.50. The van der Waals surface area contributed by atoms with Crippen LogP contribution in [0.25, 0.3) is 5.78 Å². The fourth-order valence-electron chi connectivity index (χ4n) is 1.83. The second-order valence-electron chi connectivity index (χ2n) is 4.77. The van der Waals surface area contributed by atoms with Crippen LogP contribution in [0, 0.1) is 0 Å². The number of amides is 1. The summed E-state index contributed by atoms with van der Waals surface area (Å²) in [5.41, 5.74) is -0.0683. The maximum atomic E-state index is 12.3. The van der Waals surface area contributed by atoms with Crippen molar-refractivity contribution >= 4 is 11.7 Å². The Labute approximate surface area is 115 Å². The van der Waals surface area contributed by atoms with Gasteiger partial charge in [-0.2, -0.15) is 10.1 Å². The molecule has 0 spiro atoms. The van der Waals surface area contributed by atoms with Gasteiger partial charge in [0.15, 0.2) is 0 Å². The zero-order chi connectivity index (χ0) is 14.8. The molecule has 8 nitrogen and oxygen atoms in total. The maximum absolute atomic E-state index is 12.3. The summed E-state index contributed by atoms with van der Waals surface area (Å²) in [6.07, 6.45) is 3.36. The van der Waals surface area contributed by atoms with Crippen molar-refractivity contribution in [2.45, 2.75) is 25.8 Å². The van der Waals surface area contributed by atoms with Crippen molar-refractivity contribution in [3.63, 3.8) is 0 Å². The molecule has 108 valence electrons. The fourth-order valence-corrected chi connectivity index (χ4v) is 1.83. The van der Waals surface area contributed by atoms with Gasteiger partial charge >= 0.3 is 0 Å². The van der Waals surface area contributed by atoms with E-state index in [-0.39, 0.29) is 13.2 Å². The number of aliphatic hydroxyl groups is 2. The van der Waals surface area contributed by atoms with E-state index in [0.717, 1.165) is 0 Å². The van der Waals surface area contributed by atoms with Crippen LogP contribution in [0.1, 0.15) is 29.9 Å². The van der Waals surface area contributed by atoms with Gasteiger partial charge in [-0.15, -0.1) is 0 Å². The van der Waals surface area contributed by atoms with E-state index in [1.165, 1.54) is 17.0 Å². The molecule has 2 heterocycles. The number of hydrogen-bond donors (Lipinski definition) is 3. The molecule has 0 aliphatic rings. The van der Waals surface area contributed by atoms with Crippen LogP contribution in [0.3, 0.4) is 0 Å². The molecule has 2 rings (SSSR count). The molecule has 0 unspecified atom stereocenters. The highest BCUT2D eigenvalue weighted by molar-refractivity contribution is 5.95. The molecule has 0 bridgehead atoms. The highest BCUT2D eigenvalue weighted by Crippen LogP contribution is 2.11. The van der Waals surface area contributed by atoms with E-state index in [0.29, 0.717) is 23.5 Å². The van der Waals surface area contributed by atoms with Gasteiger partial charge in [-0.05, 0) is 13.3 Å². The Kier molecular flexibility index (Phi) is 3.96. The summed E-state index contributed by atoms with van der Waals surface area (Å²) >= 11 is 0. The number of rotatable bonds is 5. The third kappa shape index (κ3) is 2.47. The summed E-state index contributed by atoms with van der Waals surface area (Å²) in [4.78, 5) is 20.3. The van der Waals surface area contributed by atoms with Gasteiger partial charge in [0.05, 0.1) is 30.0 Å². The first-order chi connectivity index (χ1) is 9.54. The average molecular weight is 279 g/mol. The number of nitrogens with zero attached hydrogens (tertiary/aromatic N) is 4. The normalized spacial score (nSPS) is 11.8. The lowest BCUT2D eigenvalue weighted by Gasteiger charge is -2.26. The van der Waals surface area contributed by atoms with Crippen LogP contribution < -0.4 is 5.32 Å². The molecule has 20 heavy (non-hydrogen) atoms. The molecule has 0 aliphatic carbocycles. The smallest absolute Gasteiger partial charge is 0.255 e. The molecule has 0 atom stereocenters. The van der Waals surface area contributed by atoms with Gasteiger partial charge in [-0.1, -0.05) is 6.92 Å². The van der Waals surface area contributed by atoms with Crippen molar-refractivity contribution < 1.29 is 15.0 Å². The number of fused-ring (bicyclic) bond motifs is 1. The van der Waals surface area contributed by atoms with Gasteiger partial charge in [0, 0.05) is 6.20 Å². The van der Waals surface area contributed by atoms with Crippen molar-refractivity contribution in [2.75, 3.05) is 13.2 Å². The number of carbonyl (C=O) groups is 1. The minimum Gasteiger partial charge on any atom is -0.394 e. The third-order valence-electron chi connectivity index (χ3n) is 3.10. The van der Waals surface area contributed by atoms with Gasteiger partial charge in [0.2, 0.25) is 0 Å². The third-order valence-corrected chi connectivity index (χ3v) is 3.10. The fraction of sp³-hybridized carbons (Fsp3) is 0.500. The molecule has 0 aliphatic heterocycles. The molecule has 8 heteroatoms. The summed E-state index contributed by atoms with van der Waals surface area (Å²) in [6.45, 7) is 2.72. The van der Waals surface area contributed by atoms with Gasteiger partial charge in [-0.3, -0.25) is 4.79 Å². The van der Waals surface area contributed by atoms with Crippen LogP contribution in [0.4, 0.5) is 0 Å². The van der Waals surface area contributed by atoms with Crippen LogP contribution in [-0.4, -0.2) is 54.5 Å².